The topological polar surface area (TPSA) is 67.1 Å². The molecule has 0 spiro atoms. The van der Waals surface area contributed by atoms with Gasteiger partial charge in [-0.15, -0.1) is 0 Å². The molecule has 1 fully saturated rings. The lowest BCUT2D eigenvalue weighted by atomic mass is 10.1. The normalized spacial score (nSPS) is 23.9. The number of carbonyl (C=O) groups excluding carboxylic acids is 1. The Balaban J connectivity index is 1.87. The molecule has 0 heterocycles. The van der Waals surface area contributed by atoms with Crippen molar-refractivity contribution in [3.8, 4) is 0 Å². The molecule has 1 aliphatic rings. The highest BCUT2D eigenvalue weighted by Crippen LogP contribution is 2.28. The molecule has 0 radical (unpaired) electrons. The summed E-state index contributed by atoms with van der Waals surface area (Å²) >= 11 is 0. The van der Waals surface area contributed by atoms with Crippen LogP contribution in [0.3, 0.4) is 0 Å². The zero-order valence-electron chi connectivity index (χ0n) is 10.2. The van der Waals surface area contributed by atoms with E-state index >= 15 is 0 Å². The molecule has 0 aliphatic heterocycles. The number of nitrogens with one attached hydrogen (secondary N) is 2. The first-order valence-electron chi connectivity index (χ1n) is 5.99. The predicted molar refractivity (Wildman–Crippen MR) is 68.8 cm³/mol. The van der Waals surface area contributed by atoms with Gasteiger partial charge in [-0.3, -0.25) is 0 Å². The fourth-order valence-electron chi connectivity index (χ4n) is 1.73. The predicted octanol–water partition coefficient (Wildman–Crippen LogP) is 2.24. The van der Waals surface area contributed by atoms with Gasteiger partial charge < -0.3 is 16.4 Å². The van der Waals surface area contributed by atoms with E-state index in [9.17, 15) is 4.79 Å². The minimum absolute atomic E-state index is 0.0187. The fraction of sp³-hybridized carbons (Fsp3) is 0.462. The molecule has 1 aromatic carbocycles. The van der Waals surface area contributed by atoms with Crippen LogP contribution in [-0.4, -0.2) is 12.1 Å². The van der Waals surface area contributed by atoms with Crippen molar-refractivity contribution in [3.05, 3.63) is 29.8 Å². The second-order valence-electron chi connectivity index (χ2n) is 4.83. The van der Waals surface area contributed by atoms with Gasteiger partial charge in [-0.25, -0.2) is 4.79 Å². The van der Waals surface area contributed by atoms with E-state index in [1.807, 2.05) is 31.2 Å². The molecule has 17 heavy (non-hydrogen) atoms. The van der Waals surface area contributed by atoms with Gasteiger partial charge in [0.05, 0.1) is 0 Å². The van der Waals surface area contributed by atoms with Gasteiger partial charge in [0.2, 0.25) is 0 Å². The van der Waals surface area contributed by atoms with Crippen LogP contribution in [0.2, 0.25) is 0 Å². The van der Waals surface area contributed by atoms with Gasteiger partial charge in [0.15, 0.2) is 0 Å². The van der Waals surface area contributed by atoms with E-state index in [0.29, 0.717) is 12.0 Å². The Labute approximate surface area is 102 Å². The molecule has 0 saturated heterocycles. The van der Waals surface area contributed by atoms with Gasteiger partial charge in [-0.1, -0.05) is 19.1 Å². The van der Waals surface area contributed by atoms with E-state index in [-0.39, 0.29) is 12.1 Å². The van der Waals surface area contributed by atoms with Crippen LogP contribution in [0.1, 0.15) is 31.9 Å². The van der Waals surface area contributed by atoms with E-state index in [2.05, 4.69) is 17.6 Å². The Hall–Kier alpha value is -1.55. The van der Waals surface area contributed by atoms with Crippen molar-refractivity contribution >= 4 is 11.7 Å². The van der Waals surface area contributed by atoms with Gasteiger partial charge in [0.25, 0.3) is 0 Å². The number of anilines is 1. The Morgan fingerprint density at radius 1 is 1.41 bits per heavy atom. The van der Waals surface area contributed by atoms with Crippen LogP contribution in [0.5, 0.6) is 0 Å². The van der Waals surface area contributed by atoms with Crippen LogP contribution in [0.15, 0.2) is 24.3 Å². The van der Waals surface area contributed by atoms with E-state index < -0.39 is 0 Å². The molecule has 0 bridgehead atoms. The van der Waals surface area contributed by atoms with Gasteiger partial charge in [-0.2, -0.15) is 0 Å². The van der Waals surface area contributed by atoms with Crippen molar-refractivity contribution in [2.24, 2.45) is 11.7 Å². The van der Waals surface area contributed by atoms with E-state index in [4.69, 9.17) is 5.73 Å². The van der Waals surface area contributed by atoms with Crippen LogP contribution in [0, 0.1) is 5.92 Å². The van der Waals surface area contributed by atoms with Gasteiger partial charge in [0.1, 0.15) is 0 Å². The van der Waals surface area contributed by atoms with Crippen molar-refractivity contribution in [2.75, 3.05) is 5.32 Å². The second-order valence-corrected chi connectivity index (χ2v) is 4.83. The molecule has 92 valence electrons. The summed E-state index contributed by atoms with van der Waals surface area (Å²) < 4.78 is 0. The Kier molecular flexibility index (Phi) is 3.33. The number of rotatable bonds is 3. The molecule has 3 atom stereocenters. The highest BCUT2D eigenvalue weighted by atomic mass is 16.2. The monoisotopic (exact) mass is 233 g/mol. The van der Waals surface area contributed by atoms with Crippen molar-refractivity contribution < 1.29 is 4.79 Å². The number of amides is 2. The number of urea groups is 1. The Bertz CT molecular complexity index is 400. The number of hydrogen-bond acceptors (Lipinski definition) is 2. The van der Waals surface area contributed by atoms with Crippen molar-refractivity contribution in [3.63, 3.8) is 0 Å². The molecular weight excluding hydrogens is 214 g/mol. The molecule has 4 nitrogen and oxygen atoms in total. The standard InChI is InChI=1S/C13H19N3O/c1-8-7-12(8)16-13(17)15-11-5-3-10(4-6-11)9(2)14/h3-6,8-9,12H,7,14H2,1-2H3,(H2,15,16,17). The molecule has 2 amide bonds. The molecular formula is C13H19N3O. The molecule has 0 aromatic heterocycles. The number of nitrogens with two attached hydrogens (primary N) is 1. The average molecular weight is 233 g/mol. The summed E-state index contributed by atoms with van der Waals surface area (Å²) in [5.74, 6) is 0.612. The molecule has 4 N–H and O–H groups in total. The summed E-state index contributed by atoms with van der Waals surface area (Å²) in [4.78, 5) is 11.6. The Morgan fingerprint density at radius 2 is 2.00 bits per heavy atom. The average Bonchev–Trinajstić information content (AvgIpc) is 2.94. The fourth-order valence-corrected chi connectivity index (χ4v) is 1.73. The number of carbonyl (C=O) groups is 1. The van der Waals surface area contributed by atoms with Crippen LogP contribution < -0.4 is 16.4 Å². The van der Waals surface area contributed by atoms with Gasteiger partial charge in [-0.05, 0) is 37.0 Å². The van der Waals surface area contributed by atoms with Crippen LogP contribution in [0.25, 0.3) is 0 Å². The van der Waals surface area contributed by atoms with Crippen LogP contribution in [0.4, 0.5) is 10.5 Å². The molecule has 3 unspecified atom stereocenters. The summed E-state index contributed by atoms with van der Waals surface area (Å²) in [6.07, 6.45) is 1.08. The maximum Gasteiger partial charge on any atom is 0.319 e. The first kappa shape index (κ1) is 11.9. The SMILES string of the molecule is CC(N)c1ccc(NC(=O)NC2CC2C)cc1. The second kappa shape index (κ2) is 4.75. The van der Waals surface area contributed by atoms with Crippen molar-refractivity contribution in [2.45, 2.75) is 32.4 Å². The smallest absolute Gasteiger partial charge is 0.319 e. The number of hydrogen-bond donors (Lipinski definition) is 3. The zero-order valence-corrected chi connectivity index (χ0v) is 10.2. The molecule has 1 aromatic rings. The highest BCUT2D eigenvalue weighted by molar-refractivity contribution is 5.89. The van der Waals surface area contributed by atoms with Gasteiger partial charge >= 0.3 is 6.03 Å². The molecule has 1 saturated carbocycles. The van der Waals surface area contributed by atoms with Crippen LogP contribution in [-0.2, 0) is 0 Å². The highest BCUT2D eigenvalue weighted by Gasteiger charge is 2.33. The quantitative estimate of drug-likeness (QED) is 0.749. The first-order chi connectivity index (χ1) is 8.06. The third-order valence-electron chi connectivity index (χ3n) is 3.12. The summed E-state index contributed by atoms with van der Waals surface area (Å²) in [6, 6.07) is 7.83. The lowest BCUT2D eigenvalue weighted by Crippen LogP contribution is -2.31. The van der Waals surface area contributed by atoms with E-state index in [1.54, 1.807) is 0 Å². The number of benzene rings is 1. The molecule has 4 heteroatoms. The lowest BCUT2D eigenvalue weighted by Gasteiger charge is -2.09. The maximum atomic E-state index is 11.6. The lowest BCUT2D eigenvalue weighted by molar-refractivity contribution is 0.251. The summed E-state index contributed by atoms with van der Waals surface area (Å²) in [7, 11) is 0. The van der Waals surface area contributed by atoms with Crippen molar-refractivity contribution in [1.82, 2.24) is 5.32 Å². The van der Waals surface area contributed by atoms with E-state index in [0.717, 1.165) is 17.7 Å². The zero-order chi connectivity index (χ0) is 12.4. The van der Waals surface area contributed by atoms with Crippen molar-refractivity contribution in [1.29, 1.82) is 0 Å². The third-order valence-corrected chi connectivity index (χ3v) is 3.12. The largest absolute Gasteiger partial charge is 0.335 e. The minimum atomic E-state index is -0.132. The summed E-state index contributed by atoms with van der Waals surface area (Å²) in [5.41, 5.74) is 7.61. The first-order valence-corrected chi connectivity index (χ1v) is 5.99. The Morgan fingerprint density at radius 3 is 2.47 bits per heavy atom. The summed E-state index contributed by atoms with van der Waals surface area (Å²) in [6.45, 7) is 4.06. The van der Waals surface area contributed by atoms with Crippen LogP contribution >= 0.6 is 0 Å². The van der Waals surface area contributed by atoms with Gasteiger partial charge in [0, 0.05) is 17.8 Å². The maximum absolute atomic E-state index is 11.6. The molecule has 1 aliphatic carbocycles. The minimum Gasteiger partial charge on any atom is -0.335 e. The third kappa shape index (κ3) is 3.20. The summed E-state index contributed by atoms with van der Waals surface area (Å²) in [5, 5.41) is 5.72. The molecule has 2 rings (SSSR count). The van der Waals surface area contributed by atoms with E-state index in [1.165, 1.54) is 0 Å².